The fraction of sp³-hybridized carbons (Fsp3) is 0.439. The molecule has 4 aromatic carbocycles. The molecular formula is C57H70F2O3S2. The lowest BCUT2D eigenvalue weighted by Crippen LogP contribution is -2.51. The number of hydrogen-bond donors (Lipinski definition) is 1. The van der Waals surface area contributed by atoms with E-state index in [1.54, 1.807) is 22.7 Å². The lowest BCUT2D eigenvalue weighted by atomic mass is 9.72. The number of aryl methyl sites for hydroxylation is 2. The molecule has 2 aliphatic rings. The van der Waals surface area contributed by atoms with E-state index in [1.807, 2.05) is 30.3 Å². The highest BCUT2D eigenvalue weighted by atomic mass is 32.1. The van der Waals surface area contributed by atoms with Gasteiger partial charge in [0.05, 0.1) is 18.3 Å². The molecule has 2 aliphatic heterocycles. The zero-order valence-corrected chi connectivity index (χ0v) is 40.4. The molecule has 2 aromatic heterocycles. The van der Waals surface area contributed by atoms with Crippen molar-refractivity contribution < 1.29 is 23.4 Å². The predicted octanol–water partition coefficient (Wildman–Crippen LogP) is 16.2. The molecule has 0 radical (unpaired) electrons. The number of aliphatic hydroxyl groups is 1. The van der Waals surface area contributed by atoms with E-state index in [0.717, 1.165) is 47.3 Å². The molecule has 4 heterocycles. The molecule has 0 bridgehead atoms. The maximum absolute atomic E-state index is 13.3. The maximum Gasteiger partial charge on any atom is 0.195 e. The molecule has 1 N–H and O–H groups in total. The predicted molar refractivity (Wildman–Crippen MR) is 266 cm³/mol. The Labute approximate surface area is 390 Å². The summed E-state index contributed by atoms with van der Waals surface area (Å²) in [6.45, 7) is 22.3. The normalized spacial score (nSPS) is 26.7. The zero-order valence-electron chi connectivity index (χ0n) is 38.8. The highest BCUT2D eigenvalue weighted by molar-refractivity contribution is 7.15. The van der Waals surface area contributed by atoms with Gasteiger partial charge in [0.25, 0.3) is 0 Å². The quantitative estimate of drug-likeness (QED) is 0.149. The number of halogens is 2. The van der Waals surface area contributed by atoms with Crippen LogP contribution in [-0.2, 0) is 28.1 Å². The van der Waals surface area contributed by atoms with Crippen molar-refractivity contribution >= 4 is 22.7 Å². The Balaban J connectivity index is 0.000000209. The highest BCUT2D eigenvalue weighted by Gasteiger charge is 2.49. The van der Waals surface area contributed by atoms with E-state index >= 15 is 0 Å². The fourth-order valence-electron chi connectivity index (χ4n) is 9.76. The molecule has 8 rings (SSSR count). The van der Waals surface area contributed by atoms with Gasteiger partial charge in [-0.25, -0.2) is 8.78 Å². The summed E-state index contributed by atoms with van der Waals surface area (Å²) in [5.41, 5.74) is 9.32. The van der Waals surface area contributed by atoms with Crippen LogP contribution in [0.5, 0.6) is 0 Å². The Kier molecular flexibility index (Phi) is 16.3. The fourth-order valence-corrected chi connectivity index (χ4v) is 11.8. The summed E-state index contributed by atoms with van der Waals surface area (Å²) in [5, 5.41) is 11.7. The van der Waals surface area contributed by atoms with Crippen LogP contribution in [0.15, 0.2) is 109 Å². The van der Waals surface area contributed by atoms with Crippen LogP contribution in [0.1, 0.15) is 125 Å². The zero-order chi connectivity index (χ0) is 45.2. The maximum atomic E-state index is 13.3. The molecule has 2 saturated heterocycles. The van der Waals surface area contributed by atoms with E-state index < -0.39 is 5.79 Å². The van der Waals surface area contributed by atoms with Crippen molar-refractivity contribution in [3.63, 3.8) is 0 Å². The number of benzene rings is 4. The van der Waals surface area contributed by atoms with Crippen molar-refractivity contribution in [1.29, 1.82) is 0 Å². The summed E-state index contributed by atoms with van der Waals surface area (Å²) in [4.78, 5) is 4.88. The van der Waals surface area contributed by atoms with E-state index in [1.165, 1.54) is 66.7 Å². The Morgan fingerprint density at radius 2 is 1.05 bits per heavy atom. The van der Waals surface area contributed by atoms with Crippen LogP contribution < -0.4 is 0 Å². The van der Waals surface area contributed by atoms with E-state index in [0.29, 0.717) is 35.7 Å². The van der Waals surface area contributed by atoms with Crippen LogP contribution in [0.4, 0.5) is 8.78 Å². The molecule has 0 saturated carbocycles. The van der Waals surface area contributed by atoms with Gasteiger partial charge in [0.2, 0.25) is 0 Å². The SMILES string of the molecule is C.CC[C@H]1OC(O)(c2ccc(C)c(Cc3ccc(-c4ccc(F)cc4)s3)c2)[C@H](C)[C@@H](C)[C@@H]1C.CC[C@H]1OC(c2ccc(C)c(Cc3ccc(-c4ccc(F)cc4)s3)c2)[C@H](C)[C@@H](C)[C@@H]1C. The second-order valence-electron chi connectivity index (χ2n) is 18.6. The van der Waals surface area contributed by atoms with Gasteiger partial charge in [-0.05, 0) is 150 Å². The standard InChI is InChI=1S/C28H33FO2S.C28H33FOS.CH4/c1-6-26-19(4)18(3)20(5)28(30,31-26)23-10-7-17(2)22(15-23)16-25-13-14-27(32-25)21-8-11-24(29)12-9-21;1-6-26-19(4)18(3)20(5)28(30-26)22-8-7-17(2)23(15-22)16-25-13-14-27(31-25)21-9-11-24(29)12-10-21;/h7-15,18-20,26,30H,6,16H2,1-5H3;7-15,18-20,26,28H,6,16H2,1-5H3;1H4/t2*18-,19-,20+,26+,28?;/m00./s1. The van der Waals surface area contributed by atoms with Gasteiger partial charge in [-0.3, -0.25) is 0 Å². The summed E-state index contributed by atoms with van der Waals surface area (Å²) in [6, 6.07) is 35.1. The second-order valence-corrected chi connectivity index (χ2v) is 20.9. The first kappa shape index (κ1) is 49.5. The summed E-state index contributed by atoms with van der Waals surface area (Å²) < 4.78 is 39.5. The number of hydrogen-bond acceptors (Lipinski definition) is 5. The van der Waals surface area contributed by atoms with E-state index in [-0.39, 0.29) is 37.2 Å². The van der Waals surface area contributed by atoms with Crippen LogP contribution in [0.25, 0.3) is 20.9 Å². The average Bonchev–Trinajstić information content (AvgIpc) is 3.96. The highest BCUT2D eigenvalue weighted by Crippen LogP contribution is 2.47. The Hall–Kier alpha value is -3.98. The molecule has 342 valence electrons. The van der Waals surface area contributed by atoms with E-state index in [4.69, 9.17) is 9.47 Å². The van der Waals surface area contributed by atoms with Gasteiger partial charge < -0.3 is 14.6 Å². The Morgan fingerprint density at radius 3 is 1.56 bits per heavy atom. The van der Waals surface area contributed by atoms with Crippen molar-refractivity contribution in [2.75, 3.05) is 0 Å². The third-order valence-electron chi connectivity index (χ3n) is 14.8. The number of ether oxygens (including phenoxy) is 2. The third kappa shape index (κ3) is 10.7. The van der Waals surface area contributed by atoms with Gasteiger partial charge in [0, 0.05) is 43.8 Å². The summed E-state index contributed by atoms with van der Waals surface area (Å²) in [7, 11) is 0. The first-order valence-electron chi connectivity index (χ1n) is 23.0. The molecule has 7 heteroatoms. The molecule has 0 aliphatic carbocycles. The topological polar surface area (TPSA) is 38.7 Å². The molecule has 0 spiro atoms. The molecule has 3 nitrogen and oxygen atoms in total. The largest absolute Gasteiger partial charge is 0.370 e. The van der Waals surface area contributed by atoms with Crippen molar-refractivity contribution in [2.24, 2.45) is 35.5 Å². The molecule has 64 heavy (non-hydrogen) atoms. The van der Waals surface area contributed by atoms with Crippen molar-refractivity contribution in [3.8, 4) is 20.9 Å². The summed E-state index contributed by atoms with van der Waals surface area (Å²) in [5.74, 6) is 0.827. The number of thiophene rings is 2. The Bertz CT molecular complexity index is 2430. The van der Waals surface area contributed by atoms with Crippen LogP contribution in [-0.4, -0.2) is 17.3 Å². The first-order chi connectivity index (χ1) is 30.1. The lowest BCUT2D eigenvalue weighted by molar-refractivity contribution is -0.316. The van der Waals surface area contributed by atoms with Crippen molar-refractivity contribution in [2.45, 2.75) is 126 Å². The van der Waals surface area contributed by atoms with Gasteiger partial charge in [0.1, 0.15) is 11.6 Å². The minimum atomic E-state index is -1.27. The van der Waals surface area contributed by atoms with Crippen LogP contribution in [0.2, 0.25) is 0 Å². The van der Waals surface area contributed by atoms with Crippen LogP contribution in [0.3, 0.4) is 0 Å². The van der Waals surface area contributed by atoms with Crippen molar-refractivity contribution in [3.05, 3.63) is 164 Å². The van der Waals surface area contributed by atoms with E-state index in [2.05, 4.69) is 124 Å². The molecule has 6 aromatic rings. The average molecular weight is 905 g/mol. The third-order valence-corrected chi connectivity index (χ3v) is 17.0. The molecule has 10 atom stereocenters. The Morgan fingerprint density at radius 1 is 0.562 bits per heavy atom. The minimum absolute atomic E-state index is 0. The molecule has 2 unspecified atom stereocenters. The lowest BCUT2D eigenvalue weighted by Gasteiger charge is -2.49. The van der Waals surface area contributed by atoms with Crippen molar-refractivity contribution in [1.82, 2.24) is 0 Å². The van der Waals surface area contributed by atoms with E-state index in [9.17, 15) is 13.9 Å². The molecule has 2 fully saturated rings. The second kappa shape index (κ2) is 21.1. The van der Waals surface area contributed by atoms with Gasteiger partial charge in [-0.2, -0.15) is 0 Å². The monoisotopic (exact) mass is 904 g/mol. The summed E-state index contributed by atoms with van der Waals surface area (Å²) in [6.07, 6.45) is 4.20. The van der Waals surface area contributed by atoms with Crippen LogP contribution in [0, 0.1) is 61.0 Å². The molecular weight excluding hydrogens is 835 g/mol. The smallest absolute Gasteiger partial charge is 0.195 e. The van der Waals surface area contributed by atoms with Crippen LogP contribution >= 0.6 is 22.7 Å². The van der Waals surface area contributed by atoms with Gasteiger partial charge in [-0.15, -0.1) is 22.7 Å². The molecule has 0 amide bonds. The van der Waals surface area contributed by atoms with Gasteiger partial charge in [-0.1, -0.05) is 117 Å². The first-order valence-corrected chi connectivity index (χ1v) is 24.7. The number of rotatable bonds is 10. The summed E-state index contributed by atoms with van der Waals surface area (Å²) >= 11 is 3.51. The minimum Gasteiger partial charge on any atom is -0.370 e. The van der Waals surface area contributed by atoms with Gasteiger partial charge in [0.15, 0.2) is 5.79 Å². The van der Waals surface area contributed by atoms with Gasteiger partial charge >= 0.3 is 0 Å².